The molecule has 4 heteroatoms. The summed E-state index contributed by atoms with van der Waals surface area (Å²) in [6, 6.07) is 7.31. The standard InChI is InChI=1S/C14H18N2O2/c1-10(15)13-4-3-12(7-14(13)17)16(2)8-11-5-6-18-9-11/h3-7,9-10,17H,8,15H2,1-2H3. The second-order valence-corrected chi connectivity index (χ2v) is 4.52. The second-order valence-electron chi connectivity index (χ2n) is 4.52. The van der Waals surface area contributed by atoms with Gasteiger partial charge in [0.05, 0.1) is 12.5 Å². The summed E-state index contributed by atoms with van der Waals surface area (Å²) >= 11 is 0. The zero-order valence-electron chi connectivity index (χ0n) is 10.6. The number of hydrogen-bond acceptors (Lipinski definition) is 4. The van der Waals surface area contributed by atoms with Crippen molar-refractivity contribution in [3.63, 3.8) is 0 Å². The van der Waals surface area contributed by atoms with Crippen molar-refractivity contribution < 1.29 is 9.52 Å². The Balaban J connectivity index is 2.16. The van der Waals surface area contributed by atoms with Crippen molar-refractivity contribution in [1.29, 1.82) is 0 Å². The number of rotatable bonds is 4. The fraction of sp³-hybridized carbons (Fsp3) is 0.286. The Labute approximate surface area is 107 Å². The van der Waals surface area contributed by atoms with Crippen LogP contribution in [0, 0.1) is 0 Å². The monoisotopic (exact) mass is 246 g/mol. The largest absolute Gasteiger partial charge is 0.508 e. The van der Waals surface area contributed by atoms with E-state index in [0.29, 0.717) is 0 Å². The van der Waals surface area contributed by atoms with Crippen LogP contribution in [0.5, 0.6) is 5.75 Å². The zero-order valence-corrected chi connectivity index (χ0v) is 10.6. The highest BCUT2D eigenvalue weighted by Gasteiger charge is 2.09. The number of anilines is 1. The number of nitrogens with two attached hydrogens (primary N) is 1. The van der Waals surface area contributed by atoms with Gasteiger partial charge in [-0.1, -0.05) is 6.07 Å². The van der Waals surface area contributed by atoms with Gasteiger partial charge in [0.25, 0.3) is 0 Å². The molecule has 3 N–H and O–H groups in total. The Morgan fingerprint density at radius 1 is 1.39 bits per heavy atom. The average Bonchev–Trinajstić information content (AvgIpc) is 2.81. The van der Waals surface area contributed by atoms with Gasteiger partial charge >= 0.3 is 0 Å². The lowest BCUT2D eigenvalue weighted by Gasteiger charge is -2.20. The summed E-state index contributed by atoms with van der Waals surface area (Å²) in [4.78, 5) is 2.04. The molecule has 96 valence electrons. The van der Waals surface area contributed by atoms with Crippen LogP contribution in [0.15, 0.2) is 41.2 Å². The minimum atomic E-state index is -0.168. The zero-order chi connectivity index (χ0) is 13.1. The maximum Gasteiger partial charge on any atom is 0.122 e. The van der Waals surface area contributed by atoms with E-state index in [9.17, 15) is 5.11 Å². The summed E-state index contributed by atoms with van der Waals surface area (Å²) in [5.41, 5.74) is 8.56. The predicted molar refractivity (Wildman–Crippen MR) is 71.5 cm³/mol. The van der Waals surface area contributed by atoms with E-state index in [1.807, 2.05) is 37.1 Å². The molecule has 2 aromatic rings. The van der Waals surface area contributed by atoms with E-state index in [1.165, 1.54) is 0 Å². The molecule has 2 rings (SSSR count). The molecule has 0 saturated carbocycles. The van der Waals surface area contributed by atoms with Gasteiger partial charge in [-0.15, -0.1) is 0 Å². The molecule has 0 aliphatic heterocycles. The fourth-order valence-electron chi connectivity index (χ4n) is 1.90. The van der Waals surface area contributed by atoms with Crippen molar-refractivity contribution in [2.45, 2.75) is 19.5 Å². The van der Waals surface area contributed by atoms with Gasteiger partial charge < -0.3 is 20.2 Å². The van der Waals surface area contributed by atoms with E-state index in [0.717, 1.165) is 23.4 Å². The minimum Gasteiger partial charge on any atom is -0.508 e. The van der Waals surface area contributed by atoms with Crippen molar-refractivity contribution in [2.24, 2.45) is 5.73 Å². The fourth-order valence-corrected chi connectivity index (χ4v) is 1.90. The lowest BCUT2D eigenvalue weighted by Crippen LogP contribution is -2.16. The van der Waals surface area contributed by atoms with Crippen molar-refractivity contribution in [2.75, 3.05) is 11.9 Å². The lowest BCUT2D eigenvalue weighted by molar-refractivity contribution is 0.464. The van der Waals surface area contributed by atoms with Crippen molar-refractivity contribution in [1.82, 2.24) is 0 Å². The number of nitrogens with zero attached hydrogens (tertiary/aromatic N) is 1. The van der Waals surface area contributed by atoms with Gasteiger partial charge in [-0.2, -0.15) is 0 Å². The maximum absolute atomic E-state index is 9.91. The molecule has 0 saturated heterocycles. The number of phenolic OH excluding ortho intramolecular Hbond substituents is 1. The third kappa shape index (κ3) is 2.65. The summed E-state index contributed by atoms with van der Waals surface area (Å²) < 4.78 is 5.03. The van der Waals surface area contributed by atoms with E-state index in [2.05, 4.69) is 0 Å². The van der Waals surface area contributed by atoms with Gasteiger partial charge in [-0.25, -0.2) is 0 Å². The number of phenols is 1. The molecule has 1 unspecified atom stereocenters. The summed E-state index contributed by atoms with van der Waals surface area (Å²) in [6.07, 6.45) is 3.37. The highest BCUT2D eigenvalue weighted by Crippen LogP contribution is 2.28. The van der Waals surface area contributed by atoms with E-state index in [-0.39, 0.29) is 11.8 Å². The van der Waals surface area contributed by atoms with Crippen LogP contribution in [-0.2, 0) is 6.54 Å². The molecule has 1 aromatic carbocycles. The number of aromatic hydroxyl groups is 1. The number of furan rings is 1. The van der Waals surface area contributed by atoms with Crippen LogP contribution in [0.4, 0.5) is 5.69 Å². The predicted octanol–water partition coefficient (Wildman–Crippen LogP) is 2.64. The normalized spacial score (nSPS) is 12.4. The van der Waals surface area contributed by atoms with E-state index < -0.39 is 0 Å². The Hall–Kier alpha value is -1.94. The summed E-state index contributed by atoms with van der Waals surface area (Å²) in [6.45, 7) is 2.58. The van der Waals surface area contributed by atoms with Gasteiger partial charge in [0.2, 0.25) is 0 Å². The second kappa shape index (κ2) is 5.14. The van der Waals surface area contributed by atoms with Gasteiger partial charge in [-0.3, -0.25) is 0 Å². The first kappa shape index (κ1) is 12.5. The highest BCUT2D eigenvalue weighted by molar-refractivity contribution is 5.53. The molecular formula is C14H18N2O2. The molecule has 4 nitrogen and oxygen atoms in total. The molecule has 1 heterocycles. The molecule has 0 amide bonds. The number of hydrogen-bond donors (Lipinski definition) is 2. The average molecular weight is 246 g/mol. The van der Waals surface area contributed by atoms with Crippen LogP contribution in [0.1, 0.15) is 24.1 Å². The Morgan fingerprint density at radius 2 is 2.17 bits per heavy atom. The van der Waals surface area contributed by atoms with Crippen molar-refractivity contribution in [3.05, 3.63) is 47.9 Å². The molecule has 0 aliphatic carbocycles. The van der Waals surface area contributed by atoms with Crippen LogP contribution >= 0.6 is 0 Å². The van der Waals surface area contributed by atoms with Crippen LogP contribution < -0.4 is 10.6 Å². The Morgan fingerprint density at radius 3 is 2.72 bits per heavy atom. The molecule has 1 atom stereocenters. The molecule has 0 spiro atoms. The summed E-state index contributed by atoms with van der Waals surface area (Å²) in [5, 5.41) is 9.91. The van der Waals surface area contributed by atoms with E-state index in [4.69, 9.17) is 10.2 Å². The SMILES string of the molecule is CC(N)c1ccc(N(C)Cc2ccoc2)cc1O. The third-order valence-corrected chi connectivity index (χ3v) is 2.95. The molecule has 0 fully saturated rings. The van der Waals surface area contributed by atoms with Crippen molar-refractivity contribution in [3.8, 4) is 5.75 Å². The van der Waals surface area contributed by atoms with Crippen LogP contribution in [0.3, 0.4) is 0 Å². The van der Waals surface area contributed by atoms with Gasteiger partial charge in [0.1, 0.15) is 5.75 Å². The molecule has 0 aliphatic rings. The minimum absolute atomic E-state index is 0.168. The molecular weight excluding hydrogens is 228 g/mol. The highest BCUT2D eigenvalue weighted by atomic mass is 16.3. The molecule has 0 bridgehead atoms. The van der Waals surface area contributed by atoms with Crippen LogP contribution in [-0.4, -0.2) is 12.2 Å². The summed E-state index contributed by atoms with van der Waals surface area (Å²) in [7, 11) is 1.97. The Kier molecular flexibility index (Phi) is 3.58. The van der Waals surface area contributed by atoms with Gasteiger partial charge in [0.15, 0.2) is 0 Å². The van der Waals surface area contributed by atoms with Gasteiger partial charge in [0, 0.05) is 42.5 Å². The third-order valence-electron chi connectivity index (χ3n) is 2.95. The quantitative estimate of drug-likeness (QED) is 0.870. The number of benzene rings is 1. The molecule has 18 heavy (non-hydrogen) atoms. The first-order chi connectivity index (χ1) is 8.58. The smallest absolute Gasteiger partial charge is 0.122 e. The van der Waals surface area contributed by atoms with E-state index in [1.54, 1.807) is 18.6 Å². The Bertz CT molecular complexity index is 507. The molecule has 0 radical (unpaired) electrons. The van der Waals surface area contributed by atoms with Crippen LogP contribution in [0.2, 0.25) is 0 Å². The summed E-state index contributed by atoms with van der Waals surface area (Å²) in [5.74, 6) is 0.238. The lowest BCUT2D eigenvalue weighted by atomic mass is 10.1. The first-order valence-electron chi connectivity index (χ1n) is 5.88. The van der Waals surface area contributed by atoms with Crippen molar-refractivity contribution >= 4 is 5.69 Å². The molecule has 1 aromatic heterocycles. The maximum atomic E-state index is 9.91. The van der Waals surface area contributed by atoms with E-state index >= 15 is 0 Å². The topological polar surface area (TPSA) is 62.6 Å². The van der Waals surface area contributed by atoms with Gasteiger partial charge in [-0.05, 0) is 19.1 Å². The first-order valence-corrected chi connectivity index (χ1v) is 5.88. The van der Waals surface area contributed by atoms with Crippen LogP contribution in [0.25, 0.3) is 0 Å².